The number of halogens is 4. The first-order chi connectivity index (χ1) is 12.8. The average molecular weight is 400 g/mol. The number of hydrogen-bond donors (Lipinski definition) is 0. The lowest BCUT2D eigenvalue weighted by Gasteiger charge is -2.33. The Bertz CT molecular complexity index is 837. The monoisotopic (exact) mass is 399 g/mol. The molecule has 0 bridgehead atoms. The van der Waals surface area contributed by atoms with Crippen molar-refractivity contribution in [3.63, 3.8) is 0 Å². The molecule has 0 radical (unpaired) electrons. The molecule has 0 N–H and O–H groups in total. The van der Waals surface area contributed by atoms with E-state index in [0.29, 0.717) is 42.9 Å². The molecular weight excluding hydrogens is 383 g/mol. The minimum absolute atomic E-state index is 0.0387. The van der Waals surface area contributed by atoms with Gasteiger partial charge in [-0.3, -0.25) is 9.78 Å². The number of aromatic nitrogens is 2. The van der Waals surface area contributed by atoms with E-state index in [1.54, 1.807) is 12.3 Å². The predicted molar refractivity (Wildman–Crippen MR) is 94.3 cm³/mol. The van der Waals surface area contributed by atoms with Crippen LogP contribution in [0.3, 0.4) is 0 Å². The normalized spacial score (nSPS) is 15.7. The van der Waals surface area contributed by atoms with Crippen LogP contribution in [0.1, 0.15) is 28.9 Å². The Morgan fingerprint density at radius 3 is 2.59 bits per heavy atom. The molecule has 0 spiro atoms. The molecule has 1 fully saturated rings. The zero-order chi connectivity index (χ0) is 19.6. The van der Waals surface area contributed by atoms with Crippen molar-refractivity contribution in [2.45, 2.75) is 19.0 Å². The average Bonchev–Trinajstić information content (AvgIpc) is 2.66. The van der Waals surface area contributed by atoms with Gasteiger partial charge in [-0.05, 0) is 25.0 Å². The van der Waals surface area contributed by atoms with E-state index in [-0.39, 0.29) is 11.7 Å². The lowest BCUT2D eigenvalue weighted by molar-refractivity contribution is -0.141. The molecule has 1 aliphatic rings. The fraction of sp³-hybridized carbons (Fsp3) is 0.389. The summed E-state index contributed by atoms with van der Waals surface area (Å²) >= 11 is 5.74. The Hall–Kier alpha value is -2.35. The highest BCUT2D eigenvalue weighted by atomic mass is 35.5. The van der Waals surface area contributed by atoms with Crippen molar-refractivity contribution in [3.05, 3.63) is 47.0 Å². The zero-order valence-electron chi connectivity index (χ0n) is 14.5. The van der Waals surface area contributed by atoms with Gasteiger partial charge in [-0.1, -0.05) is 11.6 Å². The van der Waals surface area contributed by atoms with Crippen LogP contribution in [-0.2, 0) is 6.18 Å². The number of carbonyl (C=O) groups excluding carboxylic acids is 1. The van der Waals surface area contributed by atoms with E-state index in [2.05, 4.69) is 9.97 Å². The van der Waals surface area contributed by atoms with Crippen molar-refractivity contribution in [1.29, 1.82) is 0 Å². The molecule has 0 amide bonds. The van der Waals surface area contributed by atoms with Crippen LogP contribution in [-0.4, -0.2) is 36.0 Å². The minimum atomic E-state index is -4.59. The van der Waals surface area contributed by atoms with Gasteiger partial charge in [0.05, 0.1) is 29.6 Å². The lowest BCUT2D eigenvalue weighted by atomic mass is 9.89. The number of ketones is 1. The molecule has 144 valence electrons. The smallest absolute Gasteiger partial charge is 0.434 e. The highest BCUT2D eigenvalue weighted by Gasteiger charge is 2.36. The summed E-state index contributed by atoms with van der Waals surface area (Å²) in [6.45, 7) is 1.03. The molecule has 0 aliphatic carbocycles. The Labute approximate surface area is 159 Å². The second-order valence-corrected chi connectivity index (χ2v) is 6.63. The molecule has 3 heterocycles. The van der Waals surface area contributed by atoms with Crippen molar-refractivity contribution in [1.82, 2.24) is 9.97 Å². The highest BCUT2D eigenvalue weighted by molar-refractivity contribution is 6.31. The summed E-state index contributed by atoms with van der Waals surface area (Å²) in [6.07, 6.45) is 0.760. The molecule has 0 aromatic carbocycles. The molecule has 0 atom stereocenters. The second-order valence-electron chi connectivity index (χ2n) is 6.22. The van der Waals surface area contributed by atoms with Crippen LogP contribution < -0.4 is 9.64 Å². The van der Waals surface area contributed by atoms with Gasteiger partial charge in [0.25, 0.3) is 0 Å². The number of anilines is 1. The molecule has 0 unspecified atom stereocenters. The van der Waals surface area contributed by atoms with E-state index < -0.39 is 16.9 Å². The Morgan fingerprint density at radius 2 is 2.00 bits per heavy atom. The van der Waals surface area contributed by atoms with E-state index in [9.17, 15) is 18.0 Å². The number of Topliss-reactive ketones (excluding diaryl/α,β-unsaturated/α-hetero) is 1. The summed E-state index contributed by atoms with van der Waals surface area (Å²) in [7, 11) is 1.50. The van der Waals surface area contributed by atoms with Gasteiger partial charge in [-0.15, -0.1) is 0 Å². The number of alkyl halides is 3. The highest BCUT2D eigenvalue weighted by Crippen LogP contribution is 2.35. The van der Waals surface area contributed by atoms with Gasteiger partial charge < -0.3 is 9.64 Å². The largest absolute Gasteiger partial charge is 0.496 e. The first-order valence-electron chi connectivity index (χ1n) is 8.31. The summed E-state index contributed by atoms with van der Waals surface area (Å²) in [4.78, 5) is 22.1. The zero-order valence-corrected chi connectivity index (χ0v) is 15.2. The maximum absolute atomic E-state index is 12.8. The van der Waals surface area contributed by atoms with Crippen LogP contribution in [0.2, 0.25) is 5.02 Å². The van der Waals surface area contributed by atoms with Crippen molar-refractivity contribution in [3.8, 4) is 5.75 Å². The van der Waals surface area contributed by atoms with Crippen LogP contribution in [0.4, 0.5) is 18.9 Å². The summed E-state index contributed by atoms with van der Waals surface area (Å²) in [5.74, 6) is 0.247. The molecule has 2 aromatic heterocycles. The number of pyridine rings is 2. The van der Waals surface area contributed by atoms with Gasteiger partial charge in [0.15, 0.2) is 11.5 Å². The lowest BCUT2D eigenvalue weighted by Crippen LogP contribution is -2.36. The number of nitrogens with zero attached hydrogens (tertiary/aromatic N) is 3. The molecule has 3 rings (SSSR count). The molecule has 1 saturated heterocycles. The van der Waals surface area contributed by atoms with E-state index >= 15 is 0 Å². The molecule has 27 heavy (non-hydrogen) atoms. The van der Waals surface area contributed by atoms with Crippen molar-refractivity contribution >= 4 is 23.1 Å². The van der Waals surface area contributed by atoms with E-state index in [1.165, 1.54) is 25.6 Å². The van der Waals surface area contributed by atoms with E-state index in [1.807, 2.05) is 4.90 Å². The van der Waals surface area contributed by atoms with Gasteiger partial charge in [0.1, 0.15) is 5.75 Å². The number of carbonyl (C=O) groups is 1. The number of piperidine rings is 1. The fourth-order valence-electron chi connectivity index (χ4n) is 3.17. The number of ether oxygens (including phenoxy) is 1. The molecule has 5 nitrogen and oxygen atoms in total. The third-order valence-corrected chi connectivity index (χ3v) is 4.88. The van der Waals surface area contributed by atoms with Gasteiger partial charge in [-0.25, -0.2) is 4.98 Å². The number of methoxy groups -OCH3 is 1. The summed E-state index contributed by atoms with van der Waals surface area (Å²) in [5.41, 5.74) is -0.141. The quantitative estimate of drug-likeness (QED) is 0.719. The minimum Gasteiger partial charge on any atom is -0.496 e. The third kappa shape index (κ3) is 4.16. The molecule has 0 saturated carbocycles. The summed E-state index contributed by atoms with van der Waals surface area (Å²) in [6, 6.07) is 2.90. The molecular formula is C18H17ClF3N3O2. The topological polar surface area (TPSA) is 55.3 Å². The van der Waals surface area contributed by atoms with Crippen LogP contribution in [0.25, 0.3) is 0 Å². The molecule has 9 heteroatoms. The third-order valence-electron chi connectivity index (χ3n) is 4.59. The standard InChI is InChI=1S/C18H17ClF3N3O2/c1-27-15-2-5-23-10-13(15)16(26)11-3-6-25(7-4-11)12-8-14(19)17(24-9-12)18(20,21)22/h2,5,8-11H,3-4,6-7H2,1H3. The molecule has 1 aliphatic heterocycles. The Morgan fingerprint density at radius 1 is 1.30 bits per heavy atom. The SMILES string of the molecule is COc1ccncc1C(=O)C1CCN(c2cnc(C(F)(F)F)c(Cl)c2)CC1. The van der Waals surface area contributed by atoms with Gasteiger partial charge in [-0.2, -0.15) is 13.2 Å². The van der Waals surface area contributed by atoms with Crippen LogP contribution >= 0.6 is 11.6 Å². The summed E-state index contributed by atoms with van der Waals surface area (Å²) in [5, 5.41) is -0.432. The predicted octanol–water partition coefficient (Wildman–Crippen LogP) is 4.26. The molecule has 2 aromatic rings. The van der Waals surface area contributed by atoms with Crippen molar-refractivity contribution < 1.29 is 22.7 Å². The van der Waals surface area contributed by atoms with Crippen molar-refractivity contribution in [2.24, 2.45) is 5.92 Å². The Kier molecular flexibility index (Phi) is 5.55. The second kappa shape index (κ2) is 7.72. The number of hydrogen-bond acceptors (Lipinski definition) is 5. The summed E-state index contributed by atoms with van der Waals surface area (Å²) < 4.78 is 43.5. The van der Waals surface area contributed by atoms with E-state index in [0.717, 1.165) is 0 Å². The van der Waals surface area contributed by atoms with Crippen LogP contribution in [0, 0.1) is 5.92 Å². The van der Waals surface area contributed by atoms with Gasteiger partial charge >= 0.3 is 6.18 Å². The van der Waals surface area contributed by atoms with Crippen LogP contribution in [0.15, 0.2) is 30.7 Å². The van der Waals surface area contributed by atoms with Gasteiger partial charge in [0, 0.05) is 31.4 Å². The van der Waals surface area contributed by atoms with Crippen LogP contribution in [0.5, 0.6) is 5.75 Å². The first-order valence-corrected chi connectivity index (χ1v) is 8.69. The first kappa shape index (κ1) is 19.4. The van der Waals surface area contributed by atoms with Crippen molar-refractivity contribution in [2.75, 3.05) is 25.1 Å². The number of rotatable bonds is 4. The van der Waals surface area contributed by atoms with Gasteiger partial charge in [0.2, 0.25) is 0 Å². The maximum atomic E-state index is 12.8. The Balaban J connectivity index is 1.69. The fourth-order valence-corrected chi connectivity index (χ4v) is 3.44. The van der Waals surface area contributed by atoms with E-state index in [4.69, 9.17) is 16.3 Å². The maximum Gasteiger partial charge on any atom is 0.434 e.